The molecule has 168 valence electrons. The van der Waals surface area contributed by atoms with E-state index in [-0.39, 0.29) is 16.3 Å². The van der Waals surface area contributed by atoms with Gasteiger partial charge in [0.05, 0.1) is 16.8 Å². The molecule has 0 atom stereocenters. The average molecular weight is 489 g/mol. The second-order valence-corrected chi connectivity index (χ2v) is 7.01. The van der Waals surface area contributed by atoms with E-state index in [1.807, 2.05) is 5.32 Å². The van der Waals surface area contributed by atoms with Crippen molar-refractivity contribution in [2.45, 2.75) is 11.1 Å². The molecule has 0 radical (unpaired) electrons. The molecule has 0 heterocycles. The highest BCUT2D eigenvalue weighted by atomic mass is 35.5. The molecular weight excluding hydrogens is 475 g/mol. The average Bonchev–Trinajstić information content (AvgIpc) is 2.70. The summed E-state index contributed by atoms with van der Waals surface area (Å²) < 4.78 is 62.6. The lowest BCUT2D eigenvalue weighted by Gasteiger charge is -2.08. The van der Waals surface area contributed by atoms with Crippen LogP contribution >= 0.6 is 24.2 Å². The Hall–Kier alpha value is -3.11. The van der Waals surface area contributed by atoms with E-state index < -0.39 is 35.3 Å². The van der Waals surface area contributed by atoms with E-state index in [9.17, 15) is 31.5 Å². The molecule has 2 N–H and O–H groups in total. The summed E-state index contributed by atoms with van der Waals surface area (Å²) in [4.78, 5) is 23.7. The molecule has 0 bridgehead atoms. The van der Waals surface area contributed by atoms with Gasteiger partial charge < -0.3 is 5.32 Å². The molecule has 0 aliphatic carbocycles. The SMILES string of the molecule is FC(F)(F)c1cccc(Cl)c1.O=C(NC(=O)c1ccccc1F)Nc1ccc(S)cc1F. The predicted octanol–water partition coefficient (Wildman–Crippen LogP) is 6.57. The fourth-order valence-electron chi connectivity index (χ4n) is 2.24. The van der Waals surface area contributed by atoms with Crippen LogP contribution in [0, 0.1) is 11.6 Å². The molecule has 0 aliphatic heterocycles. The summed E-state index contributed by atoms with van der Waals surface area (Å²) in [5, 5.41) is 4.16. The minimum absolute atomic E-state index is 0.0971. The van der Waals surface area contributed by atoms with E-state index in [2.05, 4.69) is 17.9 Å². The van der Waals surface area contributed by atoms with Crippen LogP contribution in [0.15, 0.2) is 71.6 Å². The van der Waals surface area contributed by atoms with Gasteiger partial charge in [-0.15, -0.1) is 12.6 Å². The zero-order chi connectivity index (χ0) is 23.9. The Morgan fingerprint density at radius 3 is 2.12 bits per heavy atom. The summed E-state index contributed by atoms with van der Waals surface area (Å²) in [7, 11) is 0. The maximum Gasteiger partial charge on any atom is 0.416 e. The standard InChI is InChI=1S/C14H10F2N2O2S.C7H4ClF3/c15-10-4-2-1-3-9(10)13(19)18-14(20)17-12-6-5-8(21)7-11(12)16;8-6-3-1-2-5(4-6)7(9,10)11/h1-7,21H,(H2,17,18,19,20);1-4H. The van der Waals surface area contributed by atoms with Crippen molar-refractivity contribution in [2.75, 3.05) is 5.32 Å². The largest absolute Gasteiger partial charge is 0.416 e. The van der Waals surface area contributed by atoms with E-state index >= 15 is 0 Å². The first-order valence-corrected chi connectivity index (χ1v) is 9.48. The van der Waals surface area contributed by atoms with Crippen LogP contribution in [0.2, 0.25) is 5.02 Å². The maximum atomic E-state index is 13.5. The maximum absolute atomic E-state index is 13.5. The third-order valence-electron chi connectivity index (χ3n) is 3.70. The Kier molecular flexibility index (Phi) is 8.62. The van der Waals surface area contributed by atoms with Crippen LogP contribution in [-0.2, 0) is 6.18 Å². The molecule has 3 aromatic carbocycles. The van der Waals surface area contributed by atoms with E-state index in [4.69, 9.17) is 11.6 Å². The number of amides is 3. The molecule has 3 aromatic rings. The van der Waals surface area contributed by atoms with Crippen LogP contribution in [0.4, 0.5) is 32.4 Å². The Morgan fingerprint density at radius 1 is 0.875 bits per heavy atom. The molecule has 32 heavy (non-hydrogen) atoms. The molecular formula is C21H14ClF5N2O2S. The van der Waals surface area contributed by atoms with Gasteiger partial charge in [0.25, 0.3) is 5.91 Å². The predicted molar refractivity (Wildman–Crippen MR) is 113 cm³/mol. The van der Waals surface area contributed by atoms with Gasteiger partial charge in [-0.25, -0.2) is 13.6 Å². The number of carbonyl (C=O) groups is 2. The first-order valence-electron chi connectivity index (χ1n) is 8.65. The smallest absolute Gasteiger partial charge is 0.305 e. The minimum atomic E-state index is -4.30. The number of benzene rings is 3. The van der Waals surface area contributed by atoms with Gasteiger partial charge in [-0.05, 0) is 48.5 Å². The van der Waals surface area contributed by atoms with Gasteiger partial charge in [0.15, 0.2) is 0 Å². The monoisotopic (exact) mass is 488 g/mol. The third-order valence-corrected chi connectivity index (χ3v) is 4.21. The second kappa shape index (κ2) is 11.0. The number of nitrogens with one attached hydrogen (secondary N) is 2. The number of imide groups is 1. The van der Waals surface area contributed by atoms with Crippen molar-refractivity contribution in [1.29, 1.82) is 0 Å². The third kappa shape index (κ3) is 7.54. The first-order chi connectivity index (χ1) is 15.0. The number of alkyl halides is 3. The number of thiol groups is 1. The molecule has 0 unspecified atom stereocenters. The molecule has 0 fully saturated rings. The lowest BCUT2D eigenvalue weighted by molar-refractivity contribution is -0.137. The van der Waals surface area contributed by atoms with Crippen LogP contribution < -0.4 is 10.6 Å². The quantitative estimate of drug-likeness (QED) is 0.282. The van der Waals surface area contributed by atoms with Crippen molar-refractivity contribution in [3.05, 3.63) is 94.5 Å². The summed E-state index contributed by atoms with van der Waals surface area (Å²) in [6, 6.07) is 12.7. The lowest BCUT2D eigenvalue weighted by Crippen LogP contribution is -2.35. The van der Waals surface area contributed by atoms with E-state index in [1.165, 1.54) is 42.5 Å². The summed E-state index contributed by atoms with van der Waals surface area (Å²) in [5.41, 5.74) is -1.12. The van der Waals surface area contributed by atoms with Crippen molar-refractivity contribution < 1.29 is 31.5 Å². The molecule has 0 aromatic heterocycles. The van der Waals surface area contributed by atoms with Gasteiger partial charge in [0.1, 0.15) is 11.6 Å². The normalized spacial score (nSPS) is 10.6. The van der Waals surface area contributed by atoms with Gasteiger partial charge in [0, 0.05) is 9.92 Å². The summed E-state index contributed by atoms with van der Waals surface area (Å²) in [6.45, 7) is 0. The molecule has 0 spiro atoms. The topological polar surface area (TPSA) is 58.2 Å². The van der Waals surface area contributed by atoms with Gasteiger partial charge in [-0.2, -0.15) is 13.2 Å². The van der Waals surface area contributed by atoms with Crippen molar-refractivity contribution in [3.63, 3.8) is 0 Å². The summed E-state index contributed by atoms with van der Waals surface area (Å²) >= 11 is 9.29. The van der Waals surface area contributed by atoms with Gasteiger partial charge in [-0.1, -0.05) is 29.8 Å². The molecule has 4 nitrogen and oxygen atoms in total. The number of rotatable bonds is 2. The van der Waals surface area contributed by atoms with E-state index in [0.29, 0.717) is 4.90 Å². The highest BCUT2D eigenvalue weighted by molar-refractivity contribution is 7.80. The molecule has 0 aliphatic rings. The Morgan fingerprint density at radius 2 is 1.56 bits per heavy atom. The Bertz CT molecular complexity index is 1130. The highest BCUT2D eigenvalue weighted by Gasteiger charge is 2.30. The second-order valence-electron chi connectivity index (χ2n) is 6.06. The van der Waals surface area contributed by atoms with Crippen LogP contribution in [0.25, 0.3) is 0 Å². The lowest BCUT2D eigenvalue weighted by atomic mass is 10.2. The minimum Gasteiger partial charge on any atom is -0.305 e. The Balaban J connectivity index is 0.000000278. The molecule has 0 saturated carbocycles. The fourth-order valence-corrected chi connectivity index (χ4v) is 2.62. The van der Waals surface area contributed by atoms with Crippen molar-refractivity contribution in [1.82, 2.24) is 5.32 Å². The fraction of sp³-hybridized carbons (Fsp3) is 0.0476. The highest BCUT2D eigenvalue weighted by Crippen LogP contribution is 2.30. The van der Waals surface area contributed by atoms with Gasteiger partial charge >= 0.3 is 12.2 Å². The zero-order valence-electron chi connectivity index (χ0n) is 15.9. The van der Waals surface area contributed by atoms with Gasteiger partial charge in [-0.3, -0.25) is 10.1 Å². The Labute approximate surface area is 189 Å². The molecule has 11 heteroatoms. The summed E-state index contributed by atoms with van der Waals surface area (Å²) in [5.74, 6) is -2.37. The number of halogens is 6. The van der Waals surface area contributed by atoms with Crippen LogP contribution in [0.1, 0.15) is 15.9 Å². The summed E-state index contributed by atoms with van der Waals surface area (Å²) in [6.07, 6.45) is -4.30. The van der Waals surface area contributed by atoms with Crippen molar-refractivity contribution in [3.8, 4) is 0 Å². The van der Waals surface area contributed by atoms with Crippen molar-refractivity contribution >= 4 is 41.9 Å². The first kappa shape index (κ1) is 25.2. The number of urea groups is 1. The molecule has 0 saturated heterocycles. The van der Waals surface area contributed by atoms with Crippen LogP contribution in [-0.4, -0.2) is 11.9 Å². The van der Waals surface area contributed by atoms with E-state index in [1.54, 1.807) is 0 Å². The molecule has 3 amide bonds. The number of carbonyl (C=O) groups excluding carboxylic acids is 2. The number of anilines is 1. The number of hydrogen-bond acceptors (Lipinski definition) is 3. The van der Waals surface area contributed by atoms with E-state index in [0.717, 1.165) is 24.3 Å². The van der Waals surface area contributed by atoms with Crippen LogP contribution in [0.5, 0.6) is 0 Å². The molecule has 3 rings (SSSR count). The van der Waals surface area contributed by atoms with Crippen LogP contribution in [0.3, 0.4) is 0 Å². The van der Waals surface area contributed by atoms with Crippen molar-refractivity contribution in [2.24, 2.45) is 0 Å². The number of hydrogen-bond donors (Lipinski definition) is 3. The zero-order valence-corrected chi connectivity index (χ0v) is 17.5. The van der Waals surface area contributed by atoms with Gasteiger partial charge in [0.2, 0.25) is 0 Å².